The number of aromatic nitrogens is 3. The number of likely N-dealkylation sites (tertiary alicyclic amines) is 1. The molecule has 174 valence electrons. The summed E-state index contributed by atoms with van der Waals surface area (Å²) in [7, 11) is 0. The highest BCUT2D eigenvalue weighted by Gasteiger charge is 2.27. The second-order valence-electron chi connectivity index (χ2n) is 8.38. The van der Waals surface area contributed by atoms with E-state index in [1.54, 1.807) is 6.20 Å². The maximum atomic E-state index is 8.90. The molecule has 4 rings (SSSR count). The quantitative estimate of drug-likeness (QED) is 0.483. The third-order valence-electron chi connectivity index (χ3n) is 5.74. The van der Waals surface area contributed by atoms with Crippen molar-refractivity contribution in [2.45, 2.75) is 44.9 Å². The van der Waals surface area contributed by atoms with Gasteiger partial charge in [0.2, 0.25) is 5.76 Å². The van der Waals surface area contributed by atoms with Crippen LogP contribution in [0.25, 0.3) is 0 Å². The summed E-state index contributed by atoms with van der Waals surface area (Å²) in [4.78, 5) is 6.67. The van der Waals surface area contributed by atoms with Gasteiger partial charge in [-0.3, -0.25) is 4.90 Å². The molecule has 0 spiro atoms. The van der Waals surface area contributed by atoms with Gasteiger partial charge in [0, 0.05) is 62.7 Å². The smallest absolute Gasteiger partial charge is 0.210 e. The van der Waals surface area contributed by atoms with Gasteiger partial charge in [0.1, 0.15) is 23.4 Å². The Balaban J connectivity index is 1.37. The summed E-state index contributed by atoms with van der Waals surface area (Å²) in [5.41, 5.74) is 7.86. The van der Waals surface area contributed by atoms with E-state index in [9.17, 15) is 0 Å². The summed E-state index contributed by atoms with van der Waals surface area (Å²) in [5.74, 6) is 8.44. The molecule has 33 heavy (non-hydrogen) atoms. The van der Waals surface area contributed by atoms with Gasteiger partial charge in [-0.1, -0.05) is 18.0 Å². The largest absolute Gasteiger partial charge is 0.488 e. The monoisotopic (exact) mass is 449 g/mol. The van der Waals surface area contributed by atoms with E-state index in [1.807, 2.05) is 48.0 Å². The predicted octanol–water partition coefficient (Wildman–Crippen LogP) is 2.22. The van der Waals surface area contributed by atoms with Gasteiger partial charge in [0.15, 0.2) is 0 Å². The van der Waals surface area contributed by atoms with Gasteiger partial charge in [-0.15, -0.1) is 0 Å². The molecule has 1 aromatic carbocycles. The summed E-state index contributed by atoms with van der Waals surface area (Å²) in [5, 5.41) is 13.1. The van der Waals surface area contributed by atoms with Gasteiger partial charge in [0.25, 0.3) is 0 Å². The van der Waals surface area contributed by atoms with Gasteiger partial charge in [0.05, 0.1) is 6.04 Å². The van der Waals surface area contributed by atoms with Crippen LogP contribution in [-0.4, -0.2) is 63.1 Å². The zero-order valence-corrected chi connectivity index (χ0v) is 19.1. The third kappa shape index (κ3) is 5.63. The van der Waals surface area contributed by atoms with Crippen LogP contribution in [0.5, 0.6) is 5.75 Å². The average molecular weight is 450 g/mol. The van der Waals surface area contributed by atoms with Crippen molar-refractivity contribution in [1.29, 1.82) is 0 Å². The SMILES string of the molecule is CCc1nccn1C(c1cc(C#Cc2ccc(OC3CN(CCCO)C3)cc2)on1)C(C)N. The van der Waals surface area contributed by atoms with E-state index in [1.165, 1.54) is 0 Å². The van der Waals surface area contributed by atoms with Crippen molar-refractivity contribution in [1.82, 2.24) is 19.6 Å². The molecule has 3 N–H and O–H groups in total. The fourth-order valence-corrected chi connectivity index (χ4v) is 4.04. The summed E-state index contributed by atoms with van der Waals surface area (Å²) >= 11 is 0. The lowest BCUT2D eigenvalue weighted by Gasteiger charge is -2.38. The minimum absolute atomic E-state index is 0.163. The number of benzene rings is 1. The first-order valence-electron chi connectivity index (χ1n) is 11.4. The minimum atomic E-state index is -0.166. The van der Waals surface area contributed by atoms with Crippen LogP contribution in [0, 0.1) is 11.8 Å². The molecule has 1 aliphatic heterocycles. The number of imidazole rings is 1. The van der Waals surface area contributed by atoms with E-state index >= 15 is 0 Å². The summed E-state index contributed by atoms with van der Waals surface area (Å²) in [6, 6.07) is 9.26. The molecule has 1 aliphatic rings. The Labute approximate surface area is 194 Å². The van der Waals surface area contributed by atoms with Crippen LogP contribution >= 0.6 is 0 Å². The first-order chi connectivity index (χ1) is 16.1. The highest BCUT2D eigenvalue weighted by molar-refractivity contribution is 5.42. The fraction of sp³-hybridized carbons (Fsp3) is 0.440. The molecule has 3 aromatic rings. The van der Waals surface area contributed by atoms with Gasteiger partial charge in [-0.25, -0.2) is 4.98 Å². The molecule has 8 heteroatoms. The van der Waals surface area contributed by atoms with Gasteiger partial charge >= 0.3 is 0 Å². The highest BCUT2D eigenvalue weighted by Crippen LogP contribution is 2.23. The first kappa shape index (κ1) is 23.1. The van der Waals surface area contributed by atoms with Crippen molar-refractivity contribution < 1.29 is 14.4 Å². The Bertz CT molecular complexity index is 1090. The first-order valence-corrected chi connectivity index (χ1v) is 11.4. The highest BCUT2D eigenvalue weighted by atomic mass is 16.5. The lowest BCUT2D eigenvalue weighted by Crippen LogP contribution is -2.53. The van der Waals surface area contributed by atoms with Crippen molar-refractivity contribution in [2.75, 3.05) is 26.2 Å². The second kappa shape index (κ2) is 10.7. The minimum Gasteiger partial charge on any atom is -0.488 e. The Hall–Kier alpha value is -3.12. The number of aliphatic hydroxyl groups is 1. The van der Waals surface area contributed by atoms with Crippen molar-refractivity contribution in [2.24, 2.45) is 5.73 Å². The van der Waals surface area contributed by atoms with Gasteiger partial charge in [-0.2, -0.15) is 0 Å². The molecule has 2 aromatic heterocycles. The van der Waals surface area contributed by atoms with Crippen LogP contribution in [0.4, 0.5) is 0 Å². The fourth-order valence-electron chi connectivity index (χ4n) is 4.04. The van der Waals surface area contributed by atoms with Crippen LogP contribution in [0.1, 0.15) is 49.2 Å². The predicted molar refractivity (Wildman–Crippen MR) is 125 cm³/mol. The molecule has 1 saturated heterocycles. The molecule has 2 atom stereocenters. The zero-order valence-electron chi connectivity index (χ0n) is 19.1. The van der Waals surface area contributed by atoms with E-state index in [-0.39, 0.29) is 24.8 Å². The maximum Gasteiger partial charge on any atom is 0.210 e. The Kier molecular flexibility index (Phi) is 7.45. The van der Waals surface area contributed by atoms with E-state index in [0.29, 0.717) is 5.76 Å². The van der Waals surface area contributed by atoms with E-state index in [2.05, 4.69) is 33.8 Å². The number of rotatable bonds is 9. The number of aryl methyl sites for hydroxylation is 1. The summed E-state index contributed by atoms with van der Waals surface area (Å²) in [6.07, 6.45) is 5.52. The van der Waals surface area contributed by atoms with Crippen LogP contribution in [-0.2, 0) is 6.42 Å². The molecule has 0 bridgehead atoms. The number of nitrogens with zero attached hydrogens (tertiary/aromatic N) is 4. The number of hydrogen-bond donors (Lipinski definition) is 2. The molecular formula is C25H31N5O3. The van der Waals surface area contributed by atoms with Crippen LogP contribution in [0.3, 0.4) is 0 Å². The maximum absolute atomic E-state index is 8.90. The Morgan fingerprint density at radius 2 is 2.06 bits per heavy atom. The summed E-state index contributed by atoms with van der Waals surface area (Å²) in [6.45, 7) is 6.96. The van der Waals surface area contributed by atoms with E-state index in [0.717, 1.165) is 55.3 Å². The van der Waals surface area contributed by atoms with Crippen LogP contribution in [0.15, 0.2) is 47.2 Å². The van der Waals surface area contributed by atoms with Crippen LogP contribution < -0.4 is 10.5 Å². The third-order valence-corrected chi connectivity index (χ3v) is 5.74. The standard InChI is InChI=1S/C25H31N5O3/c1-3-24-27-11-13-30(24)25(18(2)26)23-15-21(33-28-23)10-7-19-5-8-20(9-6-19)32-22-16-29(17-22)12-4-14-31/h5-6,8-9,11,13,15,18,22,25,31H,3-4,12,14,16-17,26H2,1-2H3. The molecule has 8 nitrogen and oxygen atoms in total. The molecule has 0 aliphatic carbocycles. The average Bonchev–Trinajstić information content (AvgIpc) is 3.44. The van der Waals surface area contributed by atoms with Gasteiger partial charge in [-0.05, 0) is 43.5 Å². The number of nitrogens with two attached hydrogens (primary N) is 1. The number of aliphatic hydroxyl groups excluding tert-OH is 1. The number of hydrogen-bond acceptors (Lipinski definition) is 7. The molecule has 0 radical (unpaired) electrons. The molecule has 1 fully saturated rings. The van der Waals surface area contributed by atoms with E-state index in [4.69, 9.17) is 20.1 Å². The lowest BCUT2D eigenvalue weighted by atomic mass is 10.1. The molecule has 0 saturated carbocycles. The summed E-state index contributed by atoms with van der Waals surface area (Å²) < 4.78 is 13.5. The Morgan fingerprint density at radius 3 is 2.76 bits per heavy atom. The zero-order chi connectivity index (χ0) is 23.2. The van der Waals surface area contributed by atoms with Gasteiger partial charge < -0.3 is 24.7 Å². The molecule has 3 heterocycles. The molecule has 0 amide bonds. The van der Waals surface area contributed by atoms with Crippen LogP contribution in [0.2, 0.25) is 0 Å². The molecular weight excluding hydrogens is 418 g/mol. The second-order valence-corrected chi connectivity index (χ2v) is 8.38. The topological polar surface area (TPSA) is 103 Å². The van der Waals surface area contributed by atoms with Crippen molar-refractivity contribution in [3.05, 3.63) is 65.6 Å². The van der Waals surface area contributed by atoms with E-state index < -0.39 is 0 Å². The van der Waals surface area contributed by atoms with Crippen molar-refractivity contribution in [3.8, 4) is 17.6 Å². The molecule has 2 unspecified atom stereocenters. The normalized spacial score (nSPS) is 16.0. The van der Waals surface area contributed by atoms with Crippen molar-refractivity contribution >= 4 is 0 Å². The van der Waals surface area contributed by atoms with Crippen molar-refractivity contribution in [3.63, 3.8) is 0 Å². The number of ether oxygens (including phenoxy) is 1. The lowest BCUT2D eigenvalue weighted by molar-refractivity contribution is 0.0167. The Morgan fingerprint density at radius 1 is 1.27 bits per heavy atom.